The van der Waals surface area contributed by atoms with Crippen LogP contribution in [0.25, 0.3) is 0 Å². The number of carbonyl (C=O) groups is 2. The summed E-state index contributed by atoms with van der Waals surface area (Å²) < 4.78 is 0. The molecule has 8 heteroatoms. The van der Waals surface area contributed by atoms with Gasteiger partial charge in [0, 0.05) is 11.6 Å². The Kier molecular flexibility index (Phi) is 4.04. The Labute approximate surface area is 112 Å². The van der Waals surface area contributed by atoms with E-state index in [1.165, 1.54) is 23.6 Å². The van der Waals surface area contributed by atoms with Gasteiger partial charge in [0.05, 0.1) is 23.4 Å². The minimum atomic E-state index is -1.20. The first-order valence-electron chi connectivity index (χ1n) is 5.27. The van der Waals surface area contributed by atoms with Gasteiger partial charge in [-0.25, -0.2) is 19.6 Å². The van der Waals surface area contributed by atoms with Gasteiger partial charge < -0.3 is 15.7 Å². The maximum absolute atomic E-state index is 11.6. The average molecular weight is 278 g/mol. The molecule has 0 aliphatic rings. The van der Waals surface area contributed by atoms with E-state index in [2.05, 4.69) is 20.6 Å². The summed E-state index contributed by atoms with van der Waals surface area (Å²) in [6, 6.07) is 2.50. The summed E-state index contributed by atoms with van der Waals surface area (Å²) in [5, 5.41) is 15.7. The quantitative estimate of drug-likeness (QED) is 0.787. The number of carbonyl (C=O) groups excluding carboxylic acids is 1. The van der Waals surface area contributed by atoms with Crippen molar-refractivity contribution in [2.75, 3.05) is 5.32 Å². The Bertz CT molecular complexity index is 585. The Hall–Kier alpha value is -2.48. The molecule has 2 aromatic rings. The number of thiazole rings is 1. The number of carboxylic acids is 1. The minimum Gasteiger partial charge on any atom is -0.476 e. The molecule has 2 heterocycles. The van der Waals surface area contributed by atoms with E-state index >= 15 is 0 Å². The number of hydrogen-bond acceptors (Lipinski definition) is 5. The summed E-state index contributed by atoms with van der Waals surface area (Å²) in [6.07, 6.45) is 1.35. The molecule has 0 fully saturated rings. The molecule has 2 amide bonds. The van der Waals surface area contributed by atoms with Crippen LogP contribution in [0.5, 0.6) is 0 Å². The van der Waals surface area contributed by atoms with Gasteiger partial charge in [-0.2, -0.15) is 0 Å². The highest BCUT2D eigenvalue weighted by atomic mass is 32.1. The van der Waals surface area contributed by atoms with E-state index in [1.807, 2.05) is 5.38 Å². The second-order valence-corrected chi connectivity index (χ2v) is 4.21. The van der Waals surface area contributed by atoms with Gasteiger partial charge >= 0.3 is 12.0 Å². The van der Waals surface area contributed by atoms with Crippen molar-refractivity contribution < 1.29 is 14.7 Å². The molecule has 0 aliphatic carbocycles. The Morgan fingerprint density at radius 1 is 1.37 bits per heavy atom. The van der Waals surface area contributed by atoms with Gasteiger partial charge in [0.1, 0.15) is 0 Å². The van der Waals surface area contributed by atoms with Crippen LogP contribution in [0, 0.1) is 0 Å². The fourth-order valence-corrected chi connectivity index (χ4v) is 1.90. The Balaban J connectivity index is 1.97. The van der Waals surface area contributed by atoms with E-state index < -0.39 is 12.0 Å². The number of nitrogens with zero attached hydrogens (tertiary/aromatic N) is 2. The molecule has 0 aromatic carbocycles. The zero-order valence-corrected chi connectivity index (χ0v) is 10.5. The molecule has 0 bridgehead atoms. The largest absolute Gasteiger partial charge is 0.476 e. The Morgan fingerprint density at radius 2 is 2.21 bits per heavy atom. The molecular weight excluding hydrogens is 268 g/mol. The van der Waals surface area contributed by atoms with E-state index in [0.717, 1.165) is 5.69 Å². The number of rotatable bonds is 4. The van der Waals surface area contributed by atoms with Crippen LogP contribution < -0.4 is 10.6 Å². The summed E-state index contributed by atoms with van der Waals surface area (Å²) >= 11 is 1.43. The van der Waals surface area contributed by atoms with E-state index in [4.69, 9.17) is 5.11 Å². The van der Waals surface area contributed by atoms with Crippen molar-refractivity contribution in [1.29, 1.82) is 0 Å². The molecule has 0 aliphatic heterocycles. The first-order valence-corrected chi connectivity index (χ1v) is 6.21. The number of hydrogen-bond donors (Lipinski definition) is 3. The number of urea groups is 1. The third-order valence-corrected chi connectivity index (χ3v) is 2.81. The monoisotopic (exact) mass is 278 g/mol. The van der Waals surface area contributed by atoms with Crippen LogP contribution in [-0.4, -0.2) is 27.1 Å². The predicted molar refractivity (Wildman–Crippen MR) is 69.2 cm³/mol. The molecule has 2 rings (SSSR count). The maximum atomic E-state index is 11.6. The van der Waals surface area contributed by atoms with Gasteiger partial charge in [0.15, 0.2) is 5.69 Å². The van der Waals surface area contributed by atoms with Crippen molar-refractivity contribution in [3.8, 4) is 0 Å². The van der Waals surface area contributed by atoms with Gasteiger partial charge in [-0.3, -0.25) is 0 Å². The Morgan fingerprint density at radius 3 is 2.89 bits per heavy atom. The lowest BCUT2D eigenvalue weighted by Gasteiger charge is -2.08. The van der Waals surface area contributed by atoms with Crippen LogP contribution in [0.15, 0.2) is 29.2 Å². The highest BCUT2D eigenvalue weighted by molar-refractivity contribution is 7.07. The van der Waals surface area contributed by atoms with Crippen LogP contribution in [0.2, 0.25) is 0 Å². The highest BCUT2D eigenvalue weighted by Crippen LogP contribution is 2.11. The van der Waals surface area contributed by atoms with Gasteiger partial charge in [0.2, 0.25) is 0 Å². The van der Waals surface area contributed by atoms with E-state index in [9.17, 15) is 9.59 Å². The lowest BCUT2D eigenvalue weighted by Crippen LogP contribution is -2.29. The fourth-order valence-electron chi connectivity index (χ4n) is 1.34. The molecule has 98 valence electrons. The predicted octanol–water partition coefficient (Wildman–Crippen LogP) is 1.56. The lowest BCUT2D eigenvalue weighted by atomic mass is 10.3. The zero-order chi connectivity index (χ0) is 13.7. The summed E-state index contributed by atoms with van der Waals surface area (Å²) in [4.78, 5) is 30.2. The molecular formula is C11H10N4O3S. The van der Waals surface area contributed by atoms with Crippen molar-refractivity contribution in [1.82, 2.24) is 15.3 Å². The number of nitrogens with one attached hydrogen (secondary N) is 2. The fraction of sp³-hybridized carbons (Fsp3) is 0.0909. The topological polar surface area (TPSA) is 104 Å². The molecule has 7 nitrogen and oxygen atoms in total. The van der Waals surface area contributed by atoms with Gasteiger partial charge in [-0.15, -0.1) is 11.3 Å². The SMILES string of the molecule is O=C(NCc1cscn1)Nc1cccnc1C(=O)O. The number of anilines is 1. The normalized spacial score (nSPS) is 9.89. The summed E-state index contributed by atoms with van der Waals surface area (Å²) in [6.45, 7) is 0.276. The molecule has 19 heavy (non-hydrogen) atoms. The van der Waals surface area contributed by atoms with Gasteiger partial charge in [-0.05, 0) is 12.1 Å². The van der Waals surface area contributed by atoms with Crippen molar-refractivity contribution in [2.45, 2.75) is 6.54 Å². The van der Waals surface area contributed by atoms with Crippen LogP contribution in [-0.2, 0) is 6.54 Å². The van der Waals surface area contributed by atoms with Crippen molar-refractivity contribution in [3.05, 3.63) is 40.6 Å². The minimum absolute atomic E-state index is 0.144. The smallest absolute Gasteiger partial charge is 0.356 e. The van der Waals surface area contributed by atoms with E-state index in [0.29, 0.717) is 0 Å². The zero-order valence-electron chi connectivity index (χ0n) is 9.66. The first-order chi connectivity index (χ1) is 9.16. The number of carboxylic acid groups (broad SMARTS) is 1. The summed E-state index contributed by atoms with van der Waals surface area (Å²) in [5.74, 6) is -1.20. The number of aromatic carboxylic acids is 1. The average Bonchev–Trinajstić information content (AvgIpc) is 2.90. The highest BCUT2D eigenvalue weighted by Gasteiger charge is 2.13. The molecule has 0 unspecified atom stereocenters. The van der Waals surface area contributed by atoms with Gasteiger partial charge in [0.25, 0.3) is 0 Å². The van der Waals surface area contributed by atoms with E-state index in [1.54, 1.807) is 11.6 Å². The maximum Gasteiger partial charge on any atom is 0.356 e. The second kappa shape index (κ2) is 5.91. The molecule has 3 N–H and O–H groups in total. The lowest BCUT2D eigenvalue weighted by molar-refractivity contribution is 0.0692. The van der Waals surface area contributed by atoms with Gasteiger partial charge in [-0.1, -0.05) is 0 Å². The van der Waals surface area contributed by atoms with Crippen LogP contribution in [0.1, 0.15) is 16.2 Å². The molecule has 2 aromatic heterocycles. The molecule has 0 radical (unpaired) electrons. The van der Waals surface area contributed by atoms with Crippen LogP contribution in [0.3, 0.4) is 0 Å². The van der Waals surface area contributed by atoms with Crippen molar-refractivity contribution >= 4 is 29.0 Å². The molecule has 0 atom stereocenters. The summed E-state index contributed by atoms with van der Waals surface area (Å²) in [5.41, 5.74) is 2.35. The molecule has 0 saturated carbocycles. The van der Waals surface area contributed by atoms with Crippen molar-refractivity contribution in [3.63, 3.8) is 0 Å². The second-order valence-electron chi connectivity index (χ2n) is 3.49. The molecule has 0 spiro atoms. The van der Waals surface area contributed by atoms with Crippen molar-refractivity contribution in [2.24, 2.45) is 0 Å². The van der Waals surface area contributed by atoms with Crippen LogP contribution >= 0.6 is 11.3 Å². The third kappa shape index (κ3) is 3.49. The summed E-state index contributed by atoms with van der Waals surface area (Å²) in [7, 11) is 0. The van der Waals surface area contributed by atoms with Crippen LogP contribution in [0.4, 0.5) is 10.5 Å². The number of pyridine rings is 1. The standard InChI is InChI=1S/C11H10N4O3S/c16-10(17)9-8(2-1-3-12-9)15-11(18)13-4-7-5-19-6-14-7/h1-3,5-6H,4H2,(H,16,17)(H2,13,15,18). The first kappa shape index (κ1) is 13.0. The van der Waals surface area contributed by atoms with E-state index in [-0.39, 0.29) is 17.9 Å². The number of amides is 2. The third-order valence-electron chi connectivity index (χ3n) is 2.17. The number of aromatic nitrogens is 2. The molecule has 0 saturated heterocycles.